The number of amides is 2. The van der Waals surface area contributed by atoms with E-state index in [1.807, 2.05) is 55.5 Å². The van der Waals surface area contributed by atoms with Gasteiger partial charge in [0.25, 0.3) is 17.4 Å². The van der Waals surface area contributed by atoms with Crippen molar-refractivity contribution in [2.24, 2.45) is 24.4 Å². The molecule has 10 N–H and O–H groups in total. The number of aliphatic hydroxyl groups is 2. The molecule has 0 bridgehead atoms. The van der Waals surface area contributed by atoms with E-state index in [2.05, 4.69) is 135 Å². The normalized spacial score (nSPS) is 17.9. The number of aromatic amines is 3. The summed E-state index contributed by atoms with van der Waals surface area (Å²) in [6.07, 6.45) is 34.9. The Morgan fingerprint density at radius 3 is 1.29 bits per heavy atom. The van der Waals surface area contributed by atoms with Crippen molar-refractivity contribution < 1.29 is 119 Å². The van der Waals surface area contributed by atoms with Crippen LogP contribution < -0.4 is 41.9 Å². The first-order valence-electron chi connectivity index (χ1n) is 47.8. The third-order valence-corrected chi connectivity index (χ3v) is 25.4. The number of Topliss-reactive ketones (excluding diaryl/α,β-unsaturated/α-hetero) is 1. The number of H-pyrrole nitrogens is 3. The number of anilines is 3. The van der Waals surface area contributed by atoms with Crippen LogP contribution in [0.5, 0.6) is 0 Å². The molecule has 146 heavy (non-hydrogen) atoms. The van der Waals surface area contributed by atoms with Crippen molar-refractivity contribution in [3.63, 3.8) is 0 Å². The number of hydrogen-bond donors (Lipinski definition) is 8. The standard InChI is InChI=1S/C18H26N4O4.C16H24N4O3.C12H17N3O.C9H9ClN2O2.C8H10ClN2.C7H7ClN2.C7H8N2OS.C7H8N2O.C6H10O.C4H6O3.CH4N2S.CO2.Ar.ClH.HNS/c1-12(23)25-14-6-5-13-15(14)19-11-20-16(13)21-7-9-22(10-8-21)17(24)26-18(2,3)4;1-16(2,3)23-15(22)20-8-6-19(7-9-20)14-11-4-5-12(21)13(11)17-10-18-14;16-10-5-4-9-11(10)13-8-14-12(9)15-6-2-1-3-7-15;1-5(13)14-7-3-2-6-8(7)11-4-12-9(6)10;1-11-5-10-8(9)6-3-2-4-7(6)11;8-7-5-2-1-3-6(5)9-4-10-7;10-6-4-2-1-3-5(4)8-7(11)9-6;10-7-5-2-1-3-6(5)8-4-9-7;1-5-3-2-4-6(5)7;1-3(5)7-4(2)6;2-1(3)4;2-1-3;;;1-2/h11,14H,5-10H2,1-4H3;10,12,21H,4-9H2,1-3H3;8,10,16H,1-7H2;4,7H,2-3H2,1H3;5H,2-4H2,1H3;4H,1-3H2;1-3H2,(H2,8,9,10,11);4H,1-3H2,(H,8,9,10);5H,2-4H2,1H3;1-2H3;(H4,2,3,4);;;1H;1H/q;;;;+1;;;;;;;;;;. The van der Waals surface area contributed by atoms with Gasteiger partial charge in [-0.1, -0.05) is 30.1 Å². The third kappa shape index (κ3) is 38.6. The SMILES string of the molecule is CC(=O)OC(C)=O.CC(=O)OC1CCc2c(Cl)ncnc21.CC(=O)OC1CCc2c1ncnc2N1CCN(C(=O)OC(C)(C)C)CC1.CC(C)(C)OC(=O)N1CCN(c2ncnc3c2CCC3O)CC1.CC1CCCC1=O.C[n+]1cnc(Cl)c2c1CCC2.Cl.Clc1ncnc2c1CCC2.N=S.NC(N)=S.O=C=O.O=c1[nH]c(=S)[nH]c2c1CCC2.O=c1[nH]cnc2c1CCC2.OC1CCc2c1ncnc2N1CCCCC1.[Ar]. The van der Waals surface area contributed by atoms with Gasteiger partial charge < -0.3 is 79.8 Å². The maximum atomic E-state index is 12.2. The first-order chi connectivity index (χ1) is 68.5. The van der Waals surface area contributed by atoms with Gasteiger partial charge in [-0.05, 0) is 237 Å². The number of aryl methyl sites for hydroxylation is 4. The predicted octanol–water partition coefficient (Wildman–Crippen LogP) is 11.4. The number of piperazine rings is 2. The van der Waals surface area contributed by atoms with Crippen LogP contribution >= 0.6 is 71.6 Å². The van der Waals surface area contributed by atoms with Crippen LogP contribution in [0.25, 0.3) is 0 Å². The topological polar surface area (TPSA) is 572 Å². The molecule has 0 spiro atoms. The fourth-order valence-corrected chi connectivity index (χ4v) is 18.7. The number of aliphatic hydroxyl groups excluding tert-OH is 2. The zero-order chi connectivity index (χ0) is 106. The van der Waals surface area contributed by atoms with Crippen molar-refractivity contribution in [3.05, 3.63) is 175 Å². The summed E-state index contributed by atoms with van der Waals surface area (Å²) in [6.45, 7) is 25.7. The number of nitrogens with zero attached hydrogens (tertiary/aromatic N) is 18. The number of rotatable bonds is 5. The van der Waals surface area contributed by atoms with Crippen molar-refractivity contribution in [2.75, 3.05) is 80.1 Å². The number of aromatic nitrogens is 16. The number of thiocarbonyl (C=S) groups is 1. The summed E-state index contributed by atoms with van der Waals surface area (Å²) in [5, 5.41) is 21.5. The Morgan fingerprint density at radius 1 is 0.466 bits per heavy atom. The van der Waals surface area contributed by atoms with Gasteiger partial charge in [-0.15, -0.1) is 12.4 Å². The number of ether oxygens (including phenoxy) is 5. The maximum Gasteiger partial charge on any atom is 0.410 e. The summed E-state index contributed by atoms with van der Waals surface area (Å²) in [7, 11) is 2.02. The van der Waals surface area contributed by atoms with E-state index in [-0.39, 0.29) is 115 Å². The zero-order valence-electron chi connectivity index (χ0n) is 84.1. The molecule has 796 valence electrons. The Hall–Kier alpha value is -10.4. The molecule has 0 radical (unpaired) electrons. The second kappa shape index (κ2) is 61.5. The van der Waals surface area contributed by atoms with Gasteiger partial charge >= 0.3 is 42.2 Å². The molecule has 0 aromatic carbocycles. The number of carbonyl (C=O) groups excluding carboxylic acids is 9. The fourth-order valence-electron chi connectivity index (χ4n) is 17.8. The average molecular weight is 2190 g/mol. The average Bonchev–Trinajstić information content (AvgIpc) is 1.63. The third-order valence-electron chi connectivity index (χ3n) is 24.2. The minimum atomic E-state index is -0.562. The molecule has 1 saturated carbocycles. The van der Waals surface area contributed by atoms with Crippen molar-refractivity contribution in [1.82, 2.24) is 84.6 Å². The fraction of sp³-hybridized carbons (Fsp3) is 0.573. The van der Waals surface area contributed by atoms with Gasteiger partial charge in [0.15, 0.2) is 9.88 Å². The van der Waals surface area contributed by atoms with Gasteiger partial charge in [0.2, 0.25) is 5.15 Å². The van der Waals surface area contributed by atoms with E-state index in [9.17, 15) is 53.4 Å². The van der Waals surface area contributed by atoms with E-state index >= 15 is 0 Å². The van der Waals surface area contributed by atoms with E-state index in [1.165, 1.54) is 108 Å². The molecule has 5 atom stereocenters. The van der Waals surface area contributed by atoms with Gasteiger partial charge in [0.1, 0.15) is 94.3 Å². The van der Waals surface area contributed by atoms with Gasteiger partial charge in [0.05, 0.1) is 59.6 Å². The number of halogens is 4. The Morgan fingerprint density at radius 2 is 0.863 bits per heavy atom. The predicted molar refractivity (Wildman–Crippen MR) is 548 cm³/mol. The van der Waals surface area contributed by atoms with Crippen molar-refractivity contribution in [3.8, 4) is 0 Å². The minimum absolute atomic E-state index is 0. The molecule has 2 amide bonds. The van der Waals surface area contributed by atoms with Gasteiger partial charge in [0, 0.05) is 212 Å². The molecular formula is C96H131ArCl4N24O18S3+. The summed E-state index contributed by atoms with van der Waals surface area (Å²) in [5.41, 5.74) is 24.3. The van der Waals surface area contributed by atoms with Crippen LogP contribution in [0.4, 0.5) is 27.0 Å². The number of nitrogens with one attached hydrogen (secondary N) is 4. The second-order valence-electron chi connectivity index (χ2n) is 37.0. The Kier molecular flexibility index (Phi) is 52.4. The molecule has 50 heteroatoms. The molecule has 20 rings (SSSR count). The molecule has 11 heterocycles. The first kappa shape index (κ1) is 124. The van der Waals surface area contributed by atoms with Crippen LogP contribution in [0.3, 0.4) is 0 Å². The van der Waals surface area contributed by atoms with Gasteiger partial charge in [-0.25, -0.2) is 73.8 Å². The molecular weight excluding hydrogens is 2060 g/mol. The number of carbonyl (C=O) groups is 7. The number of nitrogens with two attached hydrogens (primary N) is 2. The summed E-state index contributed by atoms with van der Waals surface area (Å²) in [4.78, 5) is 183. The van der Waals surface area contributed by atoms with Crippen LogP contribution in [-0.4, -0.2) is 225 Å². The van der Waals surface area contributed by atoms with Crippen molar-refractivity contribution in [1.29, 1.82) is 4.78 Å². The zero-order valence-corrected chi connectivity index (χ0v) is 90.4. The van der Waals surface area contributed by atoms with Gasteiger partial charge in [-0.2, -0.15) is 9.59 Å². The van der Waals surface area contributed by atoms with E-state index in [0.29, 0.717) is 90.7 Å². The Balaban J connectivity index is 0.000000251. The van der Waals surface area contributed by atoms with Crippen LogP contribution in [-0.2, 0) is 154 Å². The van der Waals surface area contributed by atoms with Crippen molar-refractivity contribution >= 4 is 155 Å². The van der Waals surface area contributed by atoms with Crippen LogP contribution in [0, 0.1) is 53.2 Å². The Labute approximate surface area is 914 Å². The molecule has 3 aliphatic heterocycles. The first-order valence-corrected chi connectivity index (χ1v) is 50.2. The molecule has 8 aromatic heterocycles. The summed E-state index contributed by atoms with van der Waals surface area (Å²) in [5.74, 6) is 1.97. The van der Waals surface area contributed by atoms with E-state index in [0.717, 1.165) is 232 Å². The van der Waals surface area contributed by atoms with E-state index in [4.69, 9.17) is 80.3 Å². The summed E-state index contributed by atoms with van der Waals surface area (Å²) in [6, 6.07) is 0. The quantitative estimate of drug-likeness (QED) is 0.0198. The van der Waals surface area contributed by atoms with Crippen LogP contribution in [0.2, 0.25) is 15.5 Å². The number of ketones is 1. The number of piperidine rings is 1. The molecule has 3 saturated heterocycles. The van der Waals surface area contributed by atoms with Crippen LogP contribution in [0.15, 0.2) is 53.9 Å². The van der Waals surface area contributed by atoms with Gasteiger partial charge in [-0.3, -0.25) is 38.5 Å². The maximum absolute atomic E-state index is 12.2. The molecule has 12 aliphatic rings. The second-order valence-corrected chi connectivity index (χ2v) is 38.9. The van der Waals surface area contributed by atoms with Crippen molar-refractivity contribution in [2.45, 2.75) is 279 Å². The smallest absolute Gasteiger partial charge is 0.410 e. The molecule has 9 aliphatic carbocycles. The molecule has 4 fully saturated rings. The van der Waals surface area contributed by atoms with E-state index < -0.39 is 29.2 Å². The molecule has 42 nitrogen and oxygen atoms in total. The molecule has 5 unspecified atom stereocenters. The summed E-state index contributed by atoms with van der Waals surface area (Å²) >= 11 is 29.9. The monoisotopic (exact) mass is 2180 g/mol. The number of hydrogen-bond acceptors (Lipinski definition) is 37. The van der Waals surface area contributed by atoms with Crippen LogP contribution in [0.1, 0.15) is 281 Å². The minimum Gasteiger partial charge on any atom is -0.456 e. The van der Waals surface area contributed by atoms with E-state index in [1.54, 1.807) is 22.5 Å². The summed E-state index contributed by atoms with van der Waals surface area (Å²) < 4.78 is 33.1. The molecule has 8 aromatic rings. The number of esters is 4. The number of fused-ring (bicyclic) bond motifs is 8. The Bertz CT molecular complexity index is 5920. The largest absolute Gasteiger partial charge is 0.456 e.